The molecule has 0 aromatic heterocycles. The zero-order chi connectivity index (χ0) is 17.9. The Morgan fingerprint density at radius 2 is 1.96 bits per heavy atom. The molecule has 0 N–H and O–H groups in total. The molecule has 0 fully saturated rings. The van der Waals surface area contributed by atoms with Crippen LogP contribution in [0.15, 0.2) is 30.3 Å². The fourth-order valence-electron chi connectivity index (χ4n) is 3.95. The molecule has 0 bridgehead atoms. The number of rotatable bonds is 0. The summed E-state index contributed by atoms with van der Waals surface area (Å²) in [5.41, 5.74) is 5.18. The maximum absolute atomic E-state index is 4.96. The molecular weight excluding hydrogens is 326 g/mol. The molecule has 0 saturated carbocycles. The van der Waals surface area contributed by atoms with E-state index in [1.54, 1.807) is 0 Å². The van der Waals surface area contributed by atoms with E-state index in [-0.39, 0.29) is 5.54 Å². The third kappa shape index (κ3) is 2.63. The fourth-order valence-corrected chi connectivity index (χ4v) is 4.97. The summed E-state index contributed by atoms with van der Waals surface area (Å²) >= 11 is 1.84. The molecule has 1 aromatic rings. The van der Waals surface area contributed by atoms with Crippen LogP contribution in [0.25, 0.3) is 20.8 Å². The second-order valence-electron chi connectivity index (χ2n) is 8.12. The molecule has 4 rings (SSSR count). The summed E-state index contributed by atoms with van der Waals surface area (Å²) in [5, 5.41) is 1.22. The minimum Gasteiger partial charge on any atom is -0.369 e. The SMILES string of the molecule is CC1CC(C)(C)N(C)c2cc3sc4cc(=[N+](C)C)ccc-4nc3cc21. The van der Waals surface area contributed by atoms with E-state index in [4.69, 9.17) is 4.98 Å². The molecule has 3 nitrogen and oxygen atoms in total. The molecule has 1 atom stereocenters. The topological polar surface area (TPSA) is 19.1 Å². The lowest BCUT2D eigenvalue weighted by molar-refractivity contribution is 0.395. The summed E-state index contributed by atoms with van der Waals surface area (Å²) in [6, 6.07) is 11.2. The van der Waals surface area contributed by atoms with Gasteiger partial charge >= 0.3 is 0 Å². The molecule has 0 radical (unpaired) electrons. The maximum Gasteiger partial charge on any atom is 0.201 e. The quantitative estimate of drug-likeness (QED) is 0.447. The normalized spacial score (nSPS) is 19.3. The van der Waals surface area contributed by atoms with Crippen molar-refractivity contribution in [2.75, 3.05) is 26.0 Å². The van der Waals surface area contributed by atoms with Crippen molar-refractivity contribution < 1.29 is 0 Å². The van der Waals surface area contributed by atoms with Crippen molar-refractivity contribution in [3.63, 3.8) is 0 Å². The lowest BCUT2D eigenvalue weighted by Crippen LogP contribution is -2.45. The van der Waals surface area contributed by atoms with Gasteiger partial charge in [0.1, 0.15) is 14.1 Å². The third-order valence-corrected chi connectivity index (χ3v) is 6.73. The average molecular weight is 353 g/mol. The van der Waals surface area contributed by atoms with Crippen molar-refractivity contribution in [2.24, 2.45) is 0 Å². The van der Waals surface area contributed by atoms with Crippen molar-refractivity contribution in [2.45, 2.75) is 38.6 Å². The van der Waals surface area contributed by atoms with Crippen LogP contribution >= 0.6 is 11.3 Å². The lowest BCUT2D eigenvalue weighted by atomic mass is 9.80. The highest BCUT2D eigenvalue weighted by atomic mass is 32.1. The summed E-state index contributed by atoms with van der Waals surface area (Å²) in [6.45, 7) is 7.01. The minimum atomic E-state index is 0.188. The summed E-state index contributed by atoms with van der Waals surface area (Å²) in [4.78, 5) is 8.64. The fraction of sp³-hybridized carbons (Fsp3) is 0.429. The lowest BCUT2D eigenvalue weighted by Gasteiger charge is -2.45. The van der Waals surface area contributed by atoms with Crippen molar-refractivity contribution >= 4 is 27.2 Å². The average Bonchev–Trinajstić information content (AvgIpc) is 2.56. The Bertz CT molecular complexity index is 1010. The zero-order valence-corrected chi connectivity index (χ0v) is 16.7. The van der Waals surface area contributed by atoms with Crippen LogP contribution in [0.1, 0.15) is 38.7 Å². The number of nitrogens with zero attached hydrogens (tertiary/aromatic N) is 3. The predicted octanol–water partition coefficient (Wildman–Crippen LogP) is 4.15. The van der Waals surface area contributed by atoms with Crippen LogP contribution in [-0.4, -0.2) is 31.7 Å². The van der Waals surface area contributed by atoms with Gasteiger partial charge in [-0.25, -0.2) is 9.56 Å². The van der Waals surface area contributed by atoms with Crippen LogP contribution in [0, 0.1) is 0 Å². The Morgan fingerprint density at radius 3 is 2.68 bits per heavy atom. The first kappa shape index (κ1) is 16.5. The van der Waals surface area contributed by atoms with Crippen molar-refractivity contribution in [1.29, 1.82) is 0 Å². The highest BCUT2D eigenvalue weighted by Gasteiger charge is 2.34. The summed E-state index contributed by atoms with van der Waals surface area (Å²) in [5.74, 6) is 0.559. The van der Waals surface area contributed by atoms with E-state index in [0.29, 0.717) is 5.92 Å². The van der Waals surface area contributed by atoms with E-state index in [2.05, 4.69) is 81.7 Å². The Labute approximate surface area is 153 Å². The van der Waals surface area contributed by atoms with Gasteiger partial charge in [-0.3, -0.25) is 0 Å². The molecule has 0 amide bonds. The summed E-state index contributed by atoms with van der Waals surface area (Å²) in [6.07, 6.45) is 1.17. The Balaban J connectivity index is 2.00. The zero-order valence-electron chi connectivity index (χ0n) is 15.9. The predicted molar refractivity (Wildman–Crippen MR) is 109 cm³/mol. The number of aromatic nitrogens is 1. The van der Waals surface area contributed by atoms with Crippen LogP contribution in [-0.2, 0) is 0 Å². The van der Waals surface area contributed by atoms with Gasteiger partial charge in [-0.15, -0.1) is 11.3 Å². The molecule has 1 unspecified atom stereocenters. The maximum atomic E-state index is 4.96. The van der Waals surface area contributed by atoms with Crippen LogP contribution < -0.4 is 14.8 Å². The van der Waals surface area contributed by atoms with E-state index in [0.717, 1.165) is 11.2 Å². The van der Waals surface area contributed by atoms with E-state index in [1.807, 2.05) is 11.3 Å². The molecule has 0 saturated heterocycles. The smallest absolute Gasteiger partial charge is 0.201 e. The monoisotopic (exact) mass is 352 g/mol. The molecule has 25 heavy (non-hydrogen) atoms. The van der Waals surface area contributed by atoms with Gasteiger partial charge in [-0.2, -0.15) is 0 Å². The molecule has 2 heterocycles. The Hall–Kier alpha value is -1.94. The van der Waals surface area contributed by atoms with Crippen LogP contribution in [0.2, 0.25) is 0 Å². The molecule has 2 aliphatic heterocycles. The first-order valence-corrected chi connectivity index (χ1v) is 9.70. The highest BCUT2D eigenvalue weighted by molar-refractivity contribution is 7.21. The Kier molecular flexibility index (Phi) is 3.66. The van der Waals surface area contributed by atoms with Crippen LogP contribution in [0.3, 0.4) is 0 Å². The summed E-state index contributed by atoms with van der Waals surface area (Å²) < 4.78 is 3.40. The van der Waals surface area contributed by atoms with Gasteiger partial charge in [0.05, 0.1) is 20.8 Å². The van der Waals surface area contributed by atoms with Gasteiger partial charge in [0, 0.05) is 30.4 Å². The third-order valence-electron chi connectivity index (χ3n) is 5.63. The van der Waals surface area contributed by atoms with Gasteiger partial charge in [-0.1, -0.05) is 6.92 Å². The molecule has 0 spiro atoms. The van der Waals surface area contributed by atoms with Crippen molar-refractivity contribution in [1.82, 2.24) is 9.56 Å². The van der Waals surface area contributed by atoms with Gasteiger partial charge in [-0.05, 0) is 49.9 Å². The first-order valence-electron chi connectivity index (χ1n) is 8.89. The first-order chi connectivity index (χ1) is 11.8. The largest absolute Gasteiger partial charge is 0.369 e. The second-order valence-corrected chi connectivity index (χ2v) is 9.20. The molecule has 1 aromatic carbocycles. The van der Waals surface area contributed by atoms with Crippen molar-refractivity contribution in [3.05, 3.63) is 41.3 Å². The summed E-state index contributed by atoms with van der Waals surface area (Å²) in [7, 11) is 6.38. The van der Waals surface area contributed by atoms with Crippen LogP contribution in [0.4, 0.5) is 5.69 Å². The van der Waals surface area contributed by atoms with Gasteiger partial charge in [0.2, 0.25) is 5.36 Å². The van der Waals surface area contributed by atoms with Gasteiger partial charge < -0.3 is 4.90 Å². The van der Waals surface area contributed by atoms with E-state index >= 15 is 0 Å². The standard InChI is InChI=1S/C21H26N3S/c1-13-12-21(2,3)24(6)18-11-20-17(10-15(13)18)22-16-8-7-14(23(4)5)9-19(16)25-20/h7-11,13H,12H2,1-6H3/q+1. The van der Waals surface area contributed by atoms with Gasteiger partial charge in [0.25, 0.3) is 0 Å². The molecule has 130 valence electrons. The molecule has 1 aliphatic carbocycles. The van der Waals surface area contributed by atoms with E-state index in [1.165, 1.54) is 32.6 Å². The number of hydrogen-bond acceptors (Lipinski definition) is 3. The second kappa shape index (κ2) is 5.53. The number of fused-ring (bicyclic) bond motifs is 3. The molecule has 3 aliphatic rings. The van der Waals surface area contributed by atoms with E-state index < -0.39 is 0 Å². The number of hydrogen-bond donors (Lipinski definition) is 0. The molecular formula is C21H26N3S+. The minimum absolute atomic E-state index is 0.188. The van der Waals surface area contributed by atoms with Gasteiger partial charge in [0.15, 0.2) is 0 Å². The number of benzene rings is 2. The molecule has 4 heteroatoms. The number of anilines is 1. The highest BCUT2D eigenvalue weighted by Crippen LogP contribution is 2.45. The van der Waals surface area contributed by atoms with Crippen molar-refractivity contribution in [3.8, 4) is 10.6 Å². The van der Waals surface area contributed by atoms with Crippen LogP contribution in [0.5, 0.6) is 0 Å². The Morgan fingerprint density at radius 1 is 1.20 bits per heavy atom. The van der Waals surface area contributed by atoms with E-state index in [9.17, 15) is 0 Å².